The second-order valence-corrected chi connectivity index (χ2v) is 5.83. The van der Waals surface area contributed by atoms with Crippen molar-refractivity contribution in [1.29, 1.82) is 0 Å². The molecule has 2 aromatic heterocycles. The Balaban J connectivity index is 2.24. The quantitative estimate of drug-likeness (QED) is 0.857. The topological polar surface area (TPSA) is 64.7 Å². The maximum Gasteiger partial charge on any atom is 0.194 e. The molecule has 0 aromatic carbocycles. The smallest absolute Gasteiger partial charge is 0.194 e. The Morgan fingerprint density at radius 1 is 1.25 bits per heavy atom. The number of pyridine rings is 1. The van der Waals surface area contributed by atoms with E-state index in [0.29, 0.717) is 0 Å². The second-order valence-electron chi connectivity index (χ2n) is 4.88. The molecule has 106 valence electrons. The molecule has 0 bridgehead atoms. The number of rotatable bonds is 5. The molecule has 4 nitrogen and oxygen atoms in total. The lowest BCUT2D eigenvalue weighted by molar-refractivity contribution is 0.637. The first-order valence-corrected chi connectivity index (χ1v) is 7.59. The van der Waals surface area contributed by atoms with Gasteiger partial charge in [0.2, 0.25) is 0 Å². The summed E-state index contributed by atoms with van der Waals surface area (Å²) in [6.45, 7) is 6.05. The highest BCUT2D eigenvalue weighted by molar-refractivity contribution is 7.99. The van der Waals surface area contributed by atoms with E-state index in [-0.39, 0.29) is 6.04 Å². The minimum atomic E-state index is 0.165. The van der Waals surface area contributed by atoms with Crippen molar-refractivity contribution in [3.8, 4) is 0 Å². The summed E-state index contributed by atoms with van der Waals surface area (Å²) in [4.78, 5) is 13.3. The summed E-state index contributed by atoms with van der Waals surface area (Å²) in [7, 11) is 0. The van der Waals surface area contributed by atoms with Gasteiger partial charge in [0.25, 0.3) is 0 Å². The highest BCUT2D eigenvalue weighted by atomic mass is 32.2. The van der Waals surface area contributed by atoms with E-state index in [1.54, 1.807) is 6.20 Å². The summed E-state index contributed by atoms with van der Waals surface area (Å²) in [6, 6.07) is 6.16. The van der Waals surface area contributed by atoms with E-state index in [1.807, 2.05) is 26.0 Å². The molecule has 0 aliphatic carbocycles. The van der Waals surface area contributed by atoms with Gasteiger partial charge in [0.15, 0.2) is 5.16 Å². The number of nitrogens with zero attached hydrogens (tertiary/aromatic N) is 3. The number of nitrogens with two attached hydrogens (primary N) is 1. The monoisotopic (exact) mass is 288 g/mol. The Morgan fingerprint density at radius 2 is 1.95 bits per heavy atom. The van der Waals surface area contributed by atoms with Gasteiger partial charge >= 0.3 is 0 Å². The maximum atomic E-state index is 6.05. The Bertz CT molecular complexity index is 566. The molecule has 0 spiro atoms. The van der Waals surface area contributed by atoms with Crippen LogP contribution in [0.1, 0.15) is 30.3 Å². The van der Waals surface area contributed by atoms with Crippen molar-refractivity contribution in [2.24, 2.45) is 5.73 Å². The molecule has 0 saturated carbocycles. The standard InChI is InChI=1S/C15H20N4S/c1-4-13(16)9-12-6-5-7-17-14(12)20-15-18-10(2)8-11(3)19-15/h5-8,13H,4,9,16H2,1-3H3. The maximum absolute atomic E-state index is 6.05. The SMILES string of the molecule is CCC(N)Cc1cccnc1Sc1nc(C)cc(C)n1. The van der Waals surface area contributed by atoms with Gasteiger partial charge in [-0.15, -0.1) is 0 Å². The molecular weight excluding hydrogens is 268 g/mol. The van der Waals surface area contributed by atoms with Gasteiger partial charge in [0.1, 0.15) is 5.03 Å². The van der Waals surface area contributed by atoms with Gasteiger partial charge in [0, 0.05) is 23.6 Å². The van der Waals surface area contributed by atoms with E-state index in [2.05, 4.69) is 27.9 Å². The summed E-state index contributed by atoms with van der Waals surface area (Å²) >= 11 is 1.51. The normalized spacial score (nSPS) is 12.4. The second kappa shape index (κ2) is 6.81. The van der Waals surface area contributed by atoms with Crippen LogP contribution >= 0.6 is 11.8 Å². The molecule has 5 heteroatoms. The number of aromatic nitrogens is 3. The first-order valence-electron chi connectivity index (χ1n) is 6.78. The van der Waals surface area contributed by atoms with Crippen LogP contribution in [0.4, 0.5) is 0 Å². The molecule has 0 aliphatic heterocycles. The molecule has 1 unspecified atom stereocenters. The molecule has 0 amide bonds. The first-order chi connectivity index (χ1) is 9.58. The number of aryl methyl sites for hydroxylation is 2. The summed E-state index contributed by atoms with van der Waals surface area (Å²) in [6.07, 6.45) is 3.59. The van der Waals surface area contributed by atoms with Crippen LogP contribution in [0.25, 0.3) is 0 Å². The van der Waals surface area contributed by atoms with E-state index < -0.39 is 0 Å². The van der Waals surface area contributed by atoms with E-state index in [0.717, 1.165) is 40.0 Å². The lowest BCUT2D eigenvalue weighted by Gasteiger charge is -2.11. The van der Waals surface area contributed by atoms with Crippen molar-refractivity contribution in [3.05, 3.63) is 41.3 Å². The molecule has 20 heavy (non-hydrogen) atoms. The third-order valence-electron chi connectivity index (χ3n) is 3.01. The summed E-state index contributed by atoms with van der Waals surface area (Å²) in [5, 5.41) is 1.69. The minimum absolute atomic E-state index is 0.165. The van der Waals surface area contributed by atoms with E-state index in [9.17, 15) is 0 Å². The molecule has 2 rings (SSSR count). The van der Waals surface area contributed by atoms with Gasteiger partial charge in [-0.3, -0.25) is 0 Å². The van der Waals surface area contributed by atoms with Crippen LogP contribution in [0, 0.1) is 13.8 Å². The van der Waals surface area contributed by atoms with Crippen molar-refractivity contribution < 1.29 is 0 Å². The average molecular weight is 288 g/mol. The van der Waals surface area contributed by atoms with Crippen LogP contribution in [0.15, 0.2) is 34.6 Å². The van der Waals surface area contributed by atoms with Crippen LogP contribution in [0.3, 0.4) is 0 Å². The average Bonchev–Trinajstić information content (AvgIpc) is 2.39. The predicted molar refractivity (Wildman–Crippen MR) is 81.8 cm³/mol. The summed E-state index contributed by atoms with van der Waals surface area (Å²) < 4.78 is 0. The van der Waals surface area contributed by atoms with Crippen LogP contribution in [0.5, 0.6) is 0 Å². The van der Waals surface area contributed by atoms with Gasteiger partial charge in [-0.05, 0) is 56.1 Å². The Morgan fingerprint density at radius 3 is 2.60 bits per heavy atom. The van der Waals surface area contributed by atoms with Gasteiger partial charge in [-0.1, -0.05) is 13.0 Å². The number of hydrogen-bond donors (Lipinski definition) is 1. The summed E-state index contributed by atoms with van der Waals surface area (Å²) in [5.74, 6) is 0. The zero-order valence-electron chi connectivity index (χ0n) is 12.1. The van der Waals surface area contributed by atoms with E-state index in [1.165, 1.54) is 11.8 Å². The van der Waals surface area contributed by atoms with E-state index in [4.69, 9.17) is 5.73 Å². The fourth-order valence-electron chi connectivity index (χ4n) is 1.92. The van der Waals surface area contributed by atoms with Crippen LogP contribution in [0.2, 0.25) is 0 Å². The fraction of sp³-hybridized carbons (Fsp3) is 0.400. The molecule has 0 fully saturated rings. The molecule has 0 saturated heterocycles. The highest BCUT2D eigenvalue weighted by Gasteiger charge is 2.11. The first kappa shape index (κ1) is 14.9. The Kier molecular flexibility index (Phi) is 5.09. The van der Waals surface area contributed by atoms with Crippen molar-refractivity contribution in [1.82, 2.24) is 15.0 Å². The van der Waals surface area contributed by atoms with E-state index >= 15 is 0 Å². The minimum Gasteiger partial charge on any atom is -0.327 e. The molecule has 0 aliphatic rings. The molecule has 2 N–H and O–H groups in total. The lowest BCUT2D eigenvalue weighted by atomic mass is 10.1. The van der Waals surface area contributed by atoms with Crippen molar-refractivity contribution >= 4 is 11.8 Å². The van der Waals surface area contributed by atoms with Gasteiger partial charge in [-0.2, -0.15) is 0 Å². The van der Waals surface area contributed by atoms with Crippen LogP contribution < -0.4 is 5.73 Å². The third-order valence-corrected chi connectivity index (χ3v) is 3.93. The summed E-state index contributed by atoms with van der Waals surface area (Å²) in [5.41, 5.74) is 9.16. The molecule has 2 heterocycles. The lowest BCUT2D eigenvalue weighted by Crippen LogP contribution is -2.21. The molecule has 1 atom stereocenters. The molecule has 2 aromatic rings. The zero-order valence-corrected chi connectivity index (χ0v) is 12.9. The Hall–Kier alpha value is -1.46. The Labute approximate surface area is 124 Å². The van der Waals surface area contributed by atoms with Gasteiger partial charge in [0.05, 0.1) is 0 Å². The largest absolute Gasteiger partial charge is 0.327 e. The number of hydrogen-bond acceptors (Lipinski definition) is 5. The molecule has 0 radical (unpaired) electrons. The van der Waals surface area contributed by atoms with Crippen molar-refractivity contribution in [2.75, 3.05) is 0 Å². The zero-order chi connectivity index (χ0) is 14.5. The molecular formula is C15H20N4S. The fourth-order valence-corrected chi connectivity index (χ4v) is 2.87. The van der Waals surface area contributed by atoms with Crippen molar-refractivity contribution in [2.45, 2.75) is 49.8 Å². The van der Waals surface area contributed by atoms with Crippen LogP contribution in [-0.2, 0) is 6.42 Å². The van der Waals surface area contributed by atoms with Crippen LogP contribution in [-0.4, -0.2) is 21.0 Å². The van der Waals surface area contributed by atoms with Crippen molar-refractivity contribution in [3.63, 3.8) is 0 Å². The van der Waals surface area contributed by atoms with Gasteiger partial charge < -0.3 is 5.73 Å². The predicted octanol–water partition coefficient (Wildman–Crippen LogP) is 2.92. The highest BCUT2D eigenvalue weighted by Crippen LogP contribution is 2.27. The third kappa shape index (κ3) is 4.02. The van der Waals surface area contributed by atoms with Gasteiger partial charge in [-0.25, -0.2) is 15.0 Å².